The Hall–Kier alpha value is -2.56. The van der Waals surface area contributed by atoms with Gasteiger partial charge in [-0.1, -0.05) is 0 Å². The number of rotatable bonds is 6. The first-order valence-corrected chi connectivity index (χ1v) is 10.7. The van der Waals surface area contributed by atoms with Crippen LogP contribution in [-0.4, -0.2) is 53.9 Å². The number of nitro benzene ring substituents is 1. The molecule has 0 bridgehead atoms. The van der Waals surface area contributed by atoms with Gasteiger partial charge in [0.2, 0.25) is 0 Å². The highest BCUT2D eigenvalue weighted by Crippen LogP contribution is 2.41. The lowest BCUT2D eigenvalue weighted by Crippen LogP contribution is -2.60. The summed E-state index contributed by atoms with van der Waals surface area (Å²) in [5, 5.41) is 27.2. The third kappa shape index (κ3) is 5.08. The van der Waals surface area contributed by atoms with E-state index in [0.717, 1.165) is 0 Å². The van der Waals surface area contributed by atoms with Gasteiger partial charge in [0.05, 0.1) is 27.7 Å². The van der Waals surface area contributed by atoms with Crippen LogP contribution in [0.2, 0.25) is 0 Å². The van der Waals surface area contributed by atoms with Crippen LogP contribution in [0.25, 0.3) is 0 Å². The van der Waals surface area contributed by atoms with E-state index in [1.54, 1.807) is 18.7 Å². The van der Waals surface area contributed by atoms with Gasteiger partial charge in [-0.05, 0) is 51.5 Å². The number of anilines is 2. The number of halogens is 3. The number of carbonyl (C=O) groups is 1. The van der Waals surface area contributed by atoms with E-state index >= 15 is 0 Å². The van der Waals surface area contributed by atoms with Crippen molar-refractivity contribution in [3.63, 3.8) is 0 Å². The Bertz CT molecular complexity index is 875. The van der Waals surface area contributed by atoms with Crippen LogP contribution in [0.3, 0.4) is 0 Å². The SMILES string of the molecule is CNc1cc(N2CC(C)(O)C2)c(C(=O)N[C@H](C)C2CCC(C(F)(F)F)CC2)cc1[N+](=O)[O-]. The van der Waals surface area contributed by atoms with Crippen LogP contribution in [0, 0.1) is 22.0 Å². The zero-order chi connectivity index (χ0) is 23.8. The molecule has 0 spiro atoms. The number of hydrogen-bond acceptors (Lipinski definition) is 6. The van der Waals surface area contributed by atoms with Crippen molar-refractivity contribution >= 4 is 23.0 Å². The maximum atomic E-state index is 13.1. The summed E-state index contributed by atoms with van der Waals surface area (Å²) in [4.78, 5) is 25.8. The van der Waals surface area contributed by atoms with Crippen molar-refractivity contribution in [1.82, 2.24) is 5.32 Å². The van der Waals surface area contributed by atoms with E-state index in [1.165, 1.54) is 19.2 Å². The maximum Gasteiger partial charge on any atom is 0.391 e. The summed E-state index contributed by atoms with van der Waals surface area (Å²) in [6.07, 6.45) is -3.42. The van der Waals surface area contributed by atoms with E-state index in [0.29, 0.717) is 18.5 Å². The van der Waals surface area contributed by atoms with Gasteiger partial charge in [-0.25, -0.2) is 0 Å². The molecule has 1 saturated heterocycles. The van der Waals surface area contributed by atoms with Crippen LogP contribution >= 0.6 is 0 Å². The lowest BCUT2D eigenvalue weighted by Gasteiger charge is -2.46. The Morgan fingerprint density at radius 3 is 2.34 bits per heavy atom. The molecule has 3 N–H and O–H groups in total. The standard InChI is InChI=1S/C21H29F3N4O4/c1-12(13-4-6-14(7-5-13)21(22,23)24)26-19(29)15-8-18(28(31)32)16(25-3)9-17(15)27-10-20(2,30)11-27/h8-9,12-14,25,30H,4-7,10-11H2,1-3H3,(H,26,29)/t12-,13?,14?/m1/s1. The highest BCUT2D eigenvalue weighted by molar-refractivity contribution is 6.02. The Balaban J connectivity index is 1.79. The van der Waals surface area contributed by atoms with E-state index in [-0.39, 0.29) is 54.8 Å². The van der Waals surface area contributed by atoms with Gasteiger partial charge in [-0.3, -0.25) is 14.9 Å². The Morgan fingerprint density at radius 2 is 1.88 bits per heavy atom. The fourth-order valence-corrected chi connectivity index (χ4v) is 4.67. The van der Waals surface area contributed by atoms with Crippen LogP contribution in [0.4, 0.5) is 30.2 Å². The lowest BCUT2D eigenvalue weighted by atomic mass is 9.78. The van der Waals surface area contributed by atoms with Gasteiger partial charge in [0.25, 0.3) is 11.6 Å². The van der Waals surface area contributed by atoms with Crippen molar-refractivity contribution < 1.29 is 28.0 Å². The topological polar surface area (TPSA) is 108 Å². The molecule has 1 aromatic carbocycles. The van der Waals surface area contributed by atoms with Crippen LogP contribution in [0.1, 0.15) is 49.9 Å². The predicted molar refractivity (Wildman–Crippen MR) is 114 cm³/mol. The van der Waals surface area contributed by atoms with Crippen molar-refractivity contribution in [1.29, 1.82) is 0 Å². The van der Waals surface area contributed by atoms with Crippen molar-refractivity contribution in [3.8, 4) is 0 Å². The molecule has 178 valence electrons. The molecule has 1 aromatic rings. The molecule has 8 nitrogen and oxygen atoms in total. The fraction of sp³-hybridized carbons (Fsp3) is 0.667. The number of amides is 1. The van der Waals surface area contributed by atoms with Gasteiger partial charge in [-0.15, -0.1) is 0 Å². The first kappa shape index (κ1) is 24.1. The monoisotopic (exact) mass is 458 g/mol. The molecule has 0 aromatic heterocycles. The molecule has 1 heterocycles. The molecule has 3 rings (SSSR count). The quantitative estimate of drug-likeness (QED) is 0.443. The molecule has 0 unspecified atom stereocenters. The number of aliphatic hydroxyl groups is 1. The summed E-state index contributed by atoms with van der Waals surface area (Å²) in [7, 11) is 1.54. The van der Waals surface area contributed by atoms with E-state index in [4.69, 9.17) is 0 Å². The molecule has 1 aliphatic carbocycles. The molecule has 2 fully saturated rings. The highest BCUT2D eigenvalue weighted by atomic mass is 19.4. The molecular weight excluding hydrogens is 429 g/mol. The molecular formula is C21H29F3N4O4. The first-order valence-electron chi connectivity index (χ1n) is 10.7. The summed E-state index contributed by atoms with van der Waals surface area (Å²) in [5.74, 6) is -1.93. The zero-order valence-electron chi connectivity index (χ0n) is 18.3. The van der Waals surface area contributed by atoms with Crippen molar-refractivity contribution in [3.05, 3.63) is 27.8 Å². The number of alkyl halides is 3. The predicted octanol–water partition coefficient (Wildman–Crippen LogP) is 3.69. The molecule has 2 aliphatic rings. The highest BCUT2D eigenvalue weighted by Gasteiger charge is 2.43. The second-order valence-electron chi connectivity index (χ2n) is 9.16. The van der Waals surface area contributed by atoms with E-state index in [1.807, 2.05) is 0 Å². The number of benzene rings is 1. The number of carbonyl (C=O) groups excluding carboxylic acids is 1. The summed E-state index contributed by atoms with van der Waals surface area (Å²) >= 11 is 0. The summed E-state index contributed by atoms with van der Waals surface area (Å²) in [5.41, 5.74) is -0.377. The first-order chi connectivity index (χ1) is 14.8. The van der Waals surface area contributed by atoms with Gasteiger partial charge >= 0.3 is 6.18 Å². The Morgan fingerprint density at radius 1 is 1.28 bits per heavy atom. The molecule has 1 amide bonds. The van der Waals surface area contributed by atoms with Crippen molar-refractivity contribution in [2.75, 3.05) is 30.4 Å². The maximum absolute atomic E-state index is 13.1. The summed E-state index contributed by atoms with van der Waals surface area (Å²) in [6.45, 7) is 3.95. The van der Waals surface area contributed by atoms with Gasteiger partial charge < -0.3 is 20.6 Å². The smallest absolute Gasteiger partial charge is 0.386 e. The number of nitrogens with zero attached hydrogens (tertiary/aromatic N) is 2. The average molecular weight is 458 g/mol. The molecule has 32 heavy (non-hydrogen) atoms. The number of nitro groups is 1. The minimum Gasteiger partial charge on any atom is -0.386 e. The van der Waals surface area contributed by atoms with Gasteiger partial charge in [0.15, 0.2) is 0 Å². The lowest BCUT2D eigenvalue weighted by molar-refractivity contribution is -0.384. The second-order valence-corrected chi connectivity index (χ2v) is 9.16. The van der Waals surface area contributed by atoms with Crippen LogP contribution < -0.4 is 15.5 Å². The normalized spacial score (nSPS) is 23.8. The molecule has 1 atom stereocenters. The average Bonchev–Trinajstić information content (AvgIpc) is 2.70. The minimum absolute atomic E-state index is 0.0326. The fourth-order valence-electron chi connectivity index (χ4n) is 4.67. The van der Waals surface area contributed by atoms with Crippen molar-refractivity contribution in [2.24, 2.45) is 11.8 Å². The van der Waals surface area contributed by atoms with E-state index in [9.17, 15) is 33.2 Å². The molecule has 1 aliphatic heterocycles. The van der Waals surface area contributed by atoms with Gasteiger partial charge in [0, 0.05) is 32.2 Å². The zero-order valence-corrected chi connectivity index (χ0v) is 18.3. The van der Waals surface area contributed by atoms with Crippen molar-refractivity contribution in [2.45, 2.75) is 57.3 Å². The minimum atomic E-state index is -4.20. The van der Waals surface area contributed by atoms with Crippen LogP contribution in [0.15, 0.2) is 12.1 Å². The molecule has 1 saturated carbocycles. The van der Waals surface area contributed by atoms with Crippen LogP contribution in [-0.2, 0) is 0 Å². The number of nitrogens with one attached hydrogen (secondary N) is 2. The number of β-amino-alcohol motifs (C(OH)–C–C–N with tert-alkyl or cyclic N) is 1. The largest absolute Gasteiger partial charge is 0.391 e. The summed E-state index contributed by atoms with van der Waals surface area (Å²) < 4.78 is 38.8. The Labute approximate surface area is 184 Å². The third-order valence-corrected chi connectivity index (χ3v) is 6.53. The van der Waals surface area contributed by atoms with Gasteiger partial charge in [-0.2, -0.15) is 13.2 Å². The van der Waals surface area contributed by atoms with E-state index < -0.39 is 28.5 Å². The van der Waals surface area contributed by atoms with Crippen LogP contribution in [0.5, 0.6) is 0 Å². The third-order valence-electron chi connectivity index (χ3n) is 6.53. The molecule has 11 heteroatoms. The Kier molecular flexibility index (Phi) is 6.60. The number of hydrogen-bond donors (Lipinski definition) is 3. The molecule has 0 radical (unpaired) electrons. The summed E-state index contributed by atoms with van der Waals surface area (Å²) in [6, 6.07) is 2.34. The van der Waals surface area contributed by atoms with Gasteiger partial charge in [0.1, 0.15) is 5.69 Å². The van der Waals surface area contributed by atoms with E-state index in [2.05, 4.69) is 10.6 Å². The second kappa shape index (κ2) is 8.76.